The standard InChI is InChI=1S/C4H8ClNO2S/c1-2-6-3-4-9(5,7)8/h2,6H,1,3-4H2. The first kappa shape index (κ1) is 8.78. The normalized spacial score (nSPS) is 10.8. The van der Waals surface area contributed by atoms with Gasteiger partial charge in [0.2, 0.25) is 9.05 Å². The zero-order valence-electron chi connectivity index (χ0n) is 4.80. The van der Waals surface area contributed by atoms with Crippen molar-refractivity contribution in [2.75, 3.05) is 12.3 Å². The second-order valence-corrected chi connectivity index (χ2v) is 4.30. The van der Waals surface area contributed by atoms with Gasteiger partial charge in [-0.3, -0.25) is 0 Å². The third kappa shape index (κ3) is 7.78. The summed E-state index contributed by atoms with van der Waals surface area (Å²) in [7, 11) is 1.53. The van der Waals surface area contributed by atoms with Crippen LogP contribution in [0.5, 0.6) is 0 Å². The molecule has 54 valence electrons. The minimum absolute atomic E-state index is 0.0689. The van der Waals surface area contributed by atoms with Gasteiger partial charge >= 0.3 is 0 Å². The third-order valence-electron chi connectivity index (χ3n) is 0.635. The summed E-state index contributed by atoms with van der Waals surface area (Å²) in [6.07, 6.45) is 1.42. The van der Waals surface area contributed by atoms with Crippen molar-refractivity contribution in [2.45, 2.75) is 0 Å². The van der Waals surface area contributed by atoms with Gasteiger partial charge in [-0.05, 0) is 6.20 Å². The molecule has 0 atom stereocenters. The van der Waals surface area contributed by atoms with E-state index in [0.29, 0.717) is 6.54 Å². The molecular formula is C4H8ClNO2S. The molecule has 0 heterocycles. The Kier molecular flexibility index (Phi) is 3.65. The average molecular weight is 170 g/mol. The lowest BCUT2D eigenvalue weighted by Crippen LogP contribution is -2.14. The van der Waals surface area contributed by atoms with Crippen molar-refractivity contribution in [1.82, 2.24) is 5.32 Å². The van der Waals surface area contributed by atoms with Gasteiger partial charge in [-0.25, -0.2) is 8.42 Å². The van der Waals surface area contributed by atoms with Gasteiger partial charge in [0.15, 0.2) is 0 Å². The van der Waals surface area contributed by atoms with E-state index in [1.807, 2.05) is 0 Å². The van der Waals surface area contributed by atoms with Crippen LogP contribution in [0.2, 0.25) is 0 Å². The van der Waals surface area contributed by atoms with E-state index >= 15 is 0 Å². The molecule has 0 aliphatic carbocycles. The number of nitrogens with one attached hydrogen (secondary N) is 1. The molecule has 0 rings (SSSR count). The average Bonchev–Trinajstić information content (AvgIpc) is 1.63. The Bertz CT molecular complexity index is 175. The van der Waals surface area contributed by atoms with Crippen LogP contribution in [0.15, 0.2) is 12.8 Å². The zero-order valence-corrected chi connectivity index (χ0v) is 6.37. The molecule has 9 heavy (non-hydrogen) atoms. The first-order valence-electron chi connectivity index (χ1n) is 2.33. The molecule has 0 aromatic carbocycles. The van der Waals surface area contributed by atoms with Crippen LogP contribution in [0.1, 0.15) is 0 Å². The first-order valence-corrected chi connectivity index (χ1v) is 4.81. The molecule has 0 saturated carbocycles. The second kappa shape index (κ2) is 3.74. The first-order chi connectivity index (χ1) is 4.06. The van der Waals surface area contributed by atoms with Crippen LogP contribution in [0, 0.1) is 0 Å². The van der Waals surface area contributed by atoms with Crippen molar-refractivity contribution < 1.29 is 8.42 Å². The van der Waals surface area contributed by atoms with Gasteiger partial charge in [0.05, 0.1) is 5.75 Å². The van der Waals surface area contributed by atoms with Crippen LogP contribution >= 0.6 is 10.7 Å². The molecule has 0 saturated heterocycles. The fourth-order valence-electron chi connectivity index (χ4n) is 0.283. The highest BCUT2D eigenvalue weighted by atomic mass is 35.7. The Morgan fingerprint density at radius 2 is 2.22 bits per heavy atom. The van der Waals surface area contributed by atoms with E-state index in [-0.39, 0.29) is 5.75 Å². The van der Waals surface area contributed by atoms with E-state index in [0.717, 1.165) is 0 Å². The summed E-state index contributed by atoms with van der Waals surface area (Å²) in [4.78, 5) is 0. The molecular weight excluding hydrogens is 162 g/mol. The fourth-order valence-corrected chi connectivity index (χ4v) is 0.876. The van der Waals surface area contributed by atoms with Crippen LogP contribution in [0.25, 0.3) is 0 Å². The lowest BCUT2D eigenvalue weighted by molar-refractivity contribution is 0.608. The highest BCUT2D eigenvalue weighted by Gasteiger charge is 2.01. The Labute approximate surface area is 59.1 Å². The summed E-state index contributed by atoms with van der Waals surface area (Å²) in [6, 6.07) is 0. The van der Waals surface area contributed by atoms with Gasteiger partial charge < -0.3 is 5.32 Å². The lowest BCUT2D eigenvalue weighted by atomic mass is 10.7. The van der Waals surface area contributed by atoms with E-state index < -0.39 is 9.05 Å². The van der Waals surface area contributed by atoms with Gasteiger partial charge in [-0.15, -0.1) is 0 Å². The highest BCUT2D eigenvalue weighted by Crippen LogP contribution is 1.92. The zero-order chi connectivity index (χ0) is 7.33. The fraction of sp³-hybridized carbons (Fsp3) is 0.500. The maximum atomic E-state index is 10.2. The van der Waals surface area contributed by atoms with Crippen LogP contribution in [-0.2, 0) is 9.05 Å². The molecule has 1 N–H and O–H groups in total. The summed E-state index contributed by atoms with van der Waals surface area (Å²) in [5.41, 5.74) is 0. The molecule has 0 aliphatic heterocycles. The third-order valence-corrected chi connectivity index (χ3v) is 1.79. The molecule has 0 bridgehead atoms. The topological polar surface area (TPSA) is 46.2 Å². The lowest BCUT2D eigenvalue weighted by Gasteiger charge is -1.94. The monoisotopic (exact) mass is 169 g/mol. The minimum atomic E-state index is -3.33. The van der Waals surface area contributed by atoms with Crippen molar-refractivity contribution in [2.24, 2.45) is 0 Å². The Morgan fingerprint density at radius 1 is 1.67 bits per heavy atom. The number of hydrogen-bond acceptors (Lipinski definition) is 3. The van der Waals surface area contributed by atoms with Crippen LogP contribution < -0.4 is 5.32 Å². The number of rotatable bonds is 4. The van der Waals surface area contributed by atoms with Gasteiger partial charge in [0, 0.05) is 17.2 Å². The highest BCUT2D eigenvalue weighted by molar-refractivity contribution is 8.13. The molecule has 0 amide bonds. The van der Waals surface area contributed by atoms with Crippen molar-refractivity contribution in [3.05, 3.63) is 12.8 Å². The Hall–Kier alpha value is -0.220. The van der Waals surface area contributed by atoms with Gasteiger partial charge in [-0.2, -0.15) is 0 Å². The van der Waals surface area contributed by atoms with Crippen molar-refractivity contribution in [1.29, 1.82) is 0 Å². The summed E-state index contributed by atoms with van der Waals surface area (Å²) < 4.78 is 20.4. The van der Waals surface area contributed by atoms with Crippen molar-refractivity contribution >= 4 is 19.7 Å². The largest absolute Gasteiger partial charge is 0.390 e. The summed E-state index contributed by atoms with van der Waals surface area (Å²) in [5, 5.41) is 2.61. The van der Waals surface area contributed by atoms with Gasteiger partial charge in [-0.1, -0.05) is 6.58 Å². The molecule has 0 aliphatic rings. The maximum Gasteiger partial charge on any atom is 0.234 e. The Morgan fingerprint density at radius 3 is 2.56 bits per heavy atom. The summed E-state index contributed by atoms with van der Waals surface area (Å²) in [5.74, 6) is -0.0689. The van der Waals surface area contributed by atoms with E-state index in [1.54, 1.807) is 0 Å². The van der Waals surface area contributed by atoms with E-state index in [2.05, 4.69) is 11.9 Å². The maximum absolute atomic E-state index is 10.2. The quantitative estimate of drug-likeness (QED) is 0.486. The minimum Gasteiger partial charge on any atom is -0.390 e. The van der Waals surface area contributed by atoms with Crippen LogP contribution in [-0.4, -0.2) is 20.7 Å². The molecule has 0 fully saturated rings. The molecule has 5 heteroatoms. The van der Waals surface area contributed by atoms with Crippen LogP contribution in [0.4, 0.5) is 0 Å². The molecule has 0 unspecified atom stereocenters. The van der Waals surface area contributed by atoms with Crippen molar-refractivity contribution in [3.8, 4) is 0 Å². The molecule has 3 nitrogen and oxygen atoms in total. The SMILES string of the molecule is C=CNCCS(=O)(=O)Cl. The van der Waals surface area contributed by atoms with Crippen LogP contribution in [0.3, 0.4) is 0 Å². The smallest absolute Gasteiger partial charge is 0.234 e. The van der Waals surface area contributed by atoms with Gasteiger partial charge in [0.1, 0.15) is 0 Å². The summed E-state index contributed by atoms with van der Waals surface area (Å²) in [6.45, 7) is 3.65. The molecule has 0 aromatic rings. The Balaban J connectivity index is 3.40. The van der Waals surface area contributed by atoms with Gasteiger partial charge in [0.25, 0.3) is 0 Å². The predicted octanol–water partition coefficient (Wildman–Crippen LogP) is 0.288. The van der Waals surface area contributed by atoms with E-state index in [4.69, 9.17) is 10.7 Å². The van der Waals surface area contributed by atoms with E-state index in [9.17, 15) is 8.42 Å². The van der Waals surface area contributed by atoms with E-state index in [1.165, 1.54) is 6.20 Å². The molecule has 0 spiro atoms. The second-order valence-electron chi connectivity index (χ2n) is 1.40. The number of hydrogen-bond donors (Lipinski definition) is 1. The molecule has 0 aromatic heterocycles. The summed E-state index contributed by atoms with van der Waals surface area (Å²) >= 11 is 0. The van der Waals surface area contributed by atoms with Crippen molar-refractivity contribution in [3.63, 3.8) is 0 Å². The molecule has 0 radical (unpaired) electrons. The number of halogens is 1. The predicted molar refractivity (Wildman–Crippen MR) is 37.8 cm³/mol.